The predicted octanol–water partition coefficient (Wildman–Crippen LogP) is 3.49. The van der Waals surface area contributed by atoms with Crippen molar-refractivity contribution in [1.82, 2.24) is 4.90 Å². The Kier molecular flexibility index (Phi) is 5.33. The molecular weight excluding hydrogens is 280 g/mol. The molecule has 1 aromatic rings. The first-order valence-electron chi connectivity index (χ1n) is 7.46. The zero-order valence-electron chi connectivity index (χ0n) is 13.0. The van der Waals surface area contributed by atoms with Gasteiger partial charge >= 0.3 is 0 Å². The normalized spacial score (nSPS) is 20.8. The van der Waals surface area contributed by atoms with Crippen molar-refractivity contribution < 1.29 is 10.0 Å². The molecule has 0 aliphatic carbocycles. The van der Waals surface area contributed by atoms with Crippen molar-refractivity contribution >= 4 is 0 Å². The fourth-order valence-electron chi connectivity index (χ4n) is 2.78. The number of hydrogen-bond donors (Lipinski definition) is 1. The molecule has 1 unspecified atom stereocenters. The van der Waals surface area contributed by atoms with Crippen molar-refractivity contribution in [3.05, 3.63) is 69.1 Å². The van der Waals surface area contributed by atoms with E-state index in [0.29, 0.717) is 18.0 Å². The van der Waals surface area contributed by atoms with Crippen molar-refractivity contribution in [2.45, 2.75) is 26.2 Å². The molecule has 1 saturated heterocycles. The highest BCUT2D eigenvalue weighted by molar-refractivity contribution is 5.25. The van der Waals surface area contributed by atoms with E-state index in [1.807, 2.05) is 18.2 Å². The molecule has 0 aromatic heterocycles. The number of aliphatic hydroxyl groups is 1. The molecule has 1 aliphatic rings. The Balaban J connectivity index is 2.03. The summed E-state index contributed by atoms with van der Waals surface area (Å²) in [5.74, 6) is 0.631. The molecule has 1 fully saturated rings. The largest absolute Gasteiger partial charge is 0.512 e. The lowest BCUT2D eigenvalue weighted by Gasteiger charge is -2.17. The summed E-state index contributed by atoms with van der Waals surface area (Å²) >= 11 is 0. The van der Waals surface area contributed by atoms with Crippen LogP contribution in [0.15, 0.2) is 53.4 Å². The van der Waals surface area contributed by atoms with Gasteiger partial charge in [0.2, 0.25) is 5.70 Å². The summed E-state index contributed by atoms with van der Waals surface area (Å²) in [5, 5.41) is 20.5. The minimum absolute atomic E-state index is 0.0437. The third-order valence-corrected chi connectivity index (χ3v) is 4.07. The number of hydrogen-bond acceptors (Lipinski definition) is 4. The highest BCUT2D eigenvalue weighted by Gasteiger charge is 2.24. The van der Waals surface area contributed by atoms with Crippen LogP contribution in [0.4, 0.5) is 0 Å². The molecular formula is C17H22N2O3. The Labute approximate surface area is 130 Å². The molecule has 0 spiro atoms. The molecule has 1 heterocycles. The molecule has 2 rings (SSSR count). The minimum atomic E-state index is -0.431. The Hall–Kier alpha value is -2.14. The maximum Gasteiger partial charge on any atom is 0.243 e. The van der Waals surface area contributed by atoms with Crippen LogP contribution in [0.1, 0.15) is 31.7 Å². The van der Waals surface area contributed by atoms with Crippen LogP contribution in [0.5, 0.6) is 0 Å². The quantitative estimate of drug-likeness (QED) is 0.391. The first-order chi connectivity index (χ1) is 10.5. The molecule has 1 atom stereocenters. The number of aliphatic hydroxyl groups excluding tert-OH is 1. The molecule has 1 aliphatic heterocycles. The Morgan fingerprint density at radius 1 is 1.41 bits per heavy atom. The lowest BCUT2D eigenvalue weighted by Crippen LogP contribution is -2.23. The molecule has 5 heteroatoms. The SMILES string of the molecule is C/C(O)=C(\C=C(/C)[N+](=O)[O-])CN1CCC(c2ccccc2)C1. The van der Waals surface area contributed by atoms with Gasteiger partial charge in [0, 0.05) is 31.7 Å². The molecule has 0 amide bonds. The van der Waals surface area contributed by atoms with E-state index in [0.717, 1.165) is 19.5 Å². The van der Waals surface area contributed by atoms with Crippen LogP contribution in [-0.4, -0.2) is 34.6 Å². The average Bonchev–Trinajstić information content (AvgIpc) is 2.95. The van der Waals surface area contributed by atoms with Gasteiger partial charge in [-0.25, -0.2) is 0 Å². The molecule has 1 N–H and O–H groups in total. The Morgan fingerprint density at radius 2 is 2.09 bits per heavy atom. The third kappa shape index (κ3) is 4.18. The van der Waals surface area contributed by atoms with Gasteiger partial charge in [-0.1, -0.05) is 30.3 Å². The Morgan fingerprint density at radius 3 is 2.68 bits per heavy atom. The summed E-state index contributed by atoms with van der Waals surface area (Å²) in [6, 6.07) is 10.4. The van der Waals surface area contributed by atoms with E-state index in [-0.39, 0.29) is 11.5 Å². The molecule has 118 valence electrons. The first kappa shape index (κ1) is 16.2. The first-order valence-corrected chi connectivity index (χ1v) is 7.46. The lowest BCUT2D eigenvalue weighted by molar-refractivity contribution is -0.424. The third-order valence-electron chi connectivity index (χ3n) is 4.07. The second-order valence-electron chi connectivity index (χ2n) is 5.78. The van der Waals surface area contributed by atoms with Crippen LogP contribution < -0.4 is 0 Å². The summed E-state index contributed by atoms with van der Waals surface area (Å²) in [4.78, 5) is 12.6. The van der Waals surface area contributed by atoms with E-state index in [9.17, 15) is 15.2 Å². The number of likely N-dealkylation sites (tertiary alicyclic amines) is 1. The van der Waals surface area contributed by atoms with Crippen LogP contribution in [-0.2, 0) is 0 Å². The van der Waals surface area contributed by atoms with Gasteiger partial charge in [-0.3, -0.25) is 15.0 Å². The summed E-state index contributed by atoms with van der Waals surface area (Å²) < 4.78 is 0. The molecule has 1 aromatic carbocycles. The fraction of sp³-hybridized carbons (Fsp3) is 0.412. The summed E-state index contributed by atoms with van der Waals surface area (Å²) in [6.45, 7) is 5.40. The topological polar surface area (TPSA) is 66.6 Å². The maximum atomic E-state index is 10.8. The van der Waals surface area contributed by atoms with Crippen LogP contribution in [0.25, 0.3) is 0 Å². The van der Waals surface area contributed by atoms with Gasteiger partial charge in [-0.2, -0.15) is 0 Å². The van der Waals surface area contributed by atoms with Crippen LogP contribution in [0, 0.1) is 10.1 Å². The van der Waals surface area contributed by atoms with Gasteiger partial charge in [0.1, 0.15) is 0 Å². The fourth-order valence-corrected chi connectivity index (χ4v) is 2.78. The van der Waals surface area contributed by atoms with E-state index in [1.54, 1.807) is 6.92 Å². The van der Waals surface area contributed by atoms with Gasteiger partial charge in [0.05, 0.1) is 10.7 Å². The van der Waals surface area contributed by atoms with E-state index in [2.05, 4.69) is 17.0 Å². The summed E-state index contributed by atoms with van der Waals surface area (Å²) in [6.07, 6.45) is 2.53. The van der Waals surface area contributed by atoms with E-state index >= 15 is 0 Å². The van der Waals surface area contributed by atoms with Crippen molar-refractivity contribution in [2.24, 2.45) is 0 Å². The van der Waals surface area contributed by atoms with Crippen LogP contribution in [0.2, 0.25) is 0 Å². The average molecular weight is 302 g/mol. The van der Waals surface area contributed by atoms with Gasteiger partial charge in [-0.15, -0.1) is 0 Å². The predicted molar refractivity (Wildman–Crippen MR) is 86.3 cm³/mol. The van der Waals surface area contributed by atoms with E-state index in [4.69, 9.17) is 0 Å². The van der Waals surface area contributed by atoms with Crippen molar-refractivity contribution in [2.75, 3.05) is 19.6 Å². The lowest BCUT2D eigenvalue weighted by atomic mass is 9.99. The van der Waals surface area contributed by atoms with Crippen LogP contribution in [0.3, 0.4) is 0 Å². The molecule has 0 radical (unpaired) electrons. The van der Waals surface area contributed by atoms with Gasteiger partial charge in [0.15, 0.2) is 0 Å². The van der Waals surface area contributed by atoms with Crippen molar-refractivity contribution in [3.63, 3.8) is 0 Å². The highest BCUT2D eigenvalue weighted by Crippen LogP contribution is 2.27. The standard InChI is InChI=1S/C17H22N2O3/c1-13(19(21)22)10-17(14(2)20)12-18-9-8-16(11-18)15-6-4-3-5-7-15/h3-7,10,16,20H,8-9,11-12H2,1-2H3/b13-10+,17-14-. The van der Waals surface area contributed by atoms with E-state index < -0.39 is 4.92 Å². The van der Waals surface area contributed by atoms with Crippen LogP contribution >= 0.6 is 0 Å². The van der Waals surface area contributed by atoms with Crippen molar-refractivity contribution in [3.8, 4) is 0 Å². The zero-order chi connectivity index (χ0) is 16.1. The highest BCUT2D eigenvalue weighted by atomic mass is 16.6. The molecule has 22 heavy (non-hydrogen) atoms. The summed E-state index contributed by atoms with van der Waals surface area (Å²) in [7, 11) is 0. The van der Waals surface area contributed by atoms with Gasteiger partial charge in [0.25, 0.3) is 0 Å². The zero-order valence-corrected chi connectivity index (χ0v) is 13.0. The monoisotopic (exact) mass is 302 g/mol. The van der Waals surface area contributed by atoms with Crippen molar-refractivity contribution in [1.29, 1.82) is 0 Å². The molecule has 5 nitrogen and oxygen atoms in total. The second kappa shape index (κ2) is 7.22. The molecule has 0 bridgehead atoms. The Bertz CT molecular complexity index is 589. The minimum Gasteiger partial charge on any atom is -0.512 e. The van der Waals surface area contributed by atoms with Gasteiger partial charge < -0.3 is 5.11 Å². The smallest absolute Gasteiger partial charge is 0.243 e. The van der Waals surface area contributed by atoms with Gasteiger partial charge in [-0.05, 0) is 31.4 Å². The number of rotatable bonds is 5. The number of allylic oxidation sites excluding steroid dienone is 2. The number of nitrogens with zero attached hydrogens (tertiary/aromatic N) is 2. The number of nitro groups is 1. The van der Waals surface area contributed by atoms with E-state index in [1.165, 1.54) is 18.6 Å². The second-order valence-corrected chi connectivity index (χ2v) is 5.78. The number of benzene rings is 1. The molecule has 0 saturated carbocycles. The maximum absolute atomic E-state index is 10.8. The summed E-state index contributed by atoms with van der Waals surface area (Å²) in [5.41, 5.74) is 1.98.